The lowest BCUT2D eigenvalue weighted by Crippen LogP contribution is -2.05. The van der Waals surface area contributed by atoms with Gasteiger partial charge in [-0.3, -0.25) is 4.79 Å². The fourth-order valence-electron chi connectivity index (χ4n) is 1.20. The molecule has 0 bridgehead atoms. The molecule has 0 aliphatic rings. The van der Waals surface area contributed by atoms with Crippen molar-refractivity contribution >= 4 is 19.5 Å². The van der Waals surface area contributed by atoms with Gasteiger partial charge in [0, 0.05) is 0 Å². The Labute approximate surface area is 87.6 Å². The van der Waals surface area contributed by atoms with Gasteiger partial charge in [0.05, 0.1) is 5.56 Å². The second-order valence-electron chi connectivity index (χ2n) is 3.16. The fraction of sp³-hybridized carbons (Fsp3) is 0.100. The number of phenolic OH excluding ortho intramolecular Hbond substituents is 1. The molecule has 0 atom stereocenters. The number of benzene rings is 1. The molecule has 0 saturated carbocycles. The monoisotopic (exact) mass is 206 g/mol. The summed E-state index contributed by atoms with van der Waals surface area (Å²) in [6, 6.07) is 2.93. The van der Waals surface area contributed by atoms with E-state index in [0.29, 0.717) is 11.8 Å². The highest BCUT2D eigenvalue weighted by molar-refractivity contribution is 6.48. The van der Waals surface area contributed by atoms with Gasteiger partial charge in [0.15, 0.2) is 6.29 Å². The van der Waals surface area contributed by atoms with E-state index in [-0.39, 0.29) is 11.3 Å². The van der Waals surface area contributed by atoms with E-state index in [1.165, 1.54) is 24.2 Å². The third-order valence-electron chi connectivity index (χ3n) is 1.99. The van der Waals surface area contributed by atoms with Crippen LogP contribution in [0.25, 0.3) is 6.08 Å². The molecule has 0 heterocycles. The maximum atomic E-state index is 10.5. The van der Waals surface area contributed by atoms with Crippen molar-refractivity contribution in [3.8, 4) is 5.75 Å². The lowest BCUT2D eigenvalue weighted by atomic mass is 9.90. The number of carbonyl (C=O) groups excluding carboxylic acids is 1. The van der Waals surface area contributed by atoms with Gasteiger partial charge in [-0.15, -0.1) is 0 Å². The van der Waals surface area contributed by atoms with Gasteiger partial charge in [0.25, 0.3) is 0 Å². The second kappa shape index (κ2) is 4.77. The number of phenols is 1. The summed E-state index contributed by atoms with van der Waals surface area (Å²) >= 11 is 0. The molecular formula is C10H11BO4. The van der Waals surface area contributed by atoms with Gasteiger partial charge < -0.3 is 15.2 Å². The van der Waals surface area contributed by atoms with Gasteiger partial charge in [-0.25, -0.2) is 0 Å². The van der Waals surface area contributed by atoms with E-state index in [9.17, 15) is 9.90 Å². The average molecular weight is 206 g/mol. The summed E-state index contributed by atoms with van der Waals surface area (Å²) in [5, 5.41) is 26.6. The van der Waals surface area contributed by atoms with Crippen LogP contribution in [0.15, 0.2) is 18.1 Å². The molecule has 0 fully saturated rings. The fourth-order valence-corrected chi connectivity index (χ4v) is 1.20. The van der Waals surface area contributed by atoms with Crippen molar-refractivity contribution in [2.75, 3.05) is 0 Å². The van der Waals surface area contributed by atoms with Crippen LogP contribution in [0.1, 0.15) is 21.5 Å². The zero-order valence-electron chi connectivity index (χ0n) is 8.21. The third kappa shape index (κ3) is 2.94. The SMILES string of the molecule is Cc1cc(C=O)c(O)cc1/C=C/B(O)O. The third-order valence-corrected chi connectivity index (χ3v) is 1.99. The zero-order chi connectivity index (χ0) is 11.4. The van der Waals surface area contributed by atoms with E-state index in [1.54, 1.807) is 6.92 Å². The summed E-state index contributed by atoms with van der Waals surface area (Å²) in [5.41, 5.74) is 1.62. The molecule has 0 amide bonds. The van der Waals surface area contributed by atoms with Crippen LogP contribution in [-0.4, -0.2) is 28.6 Å². The number of hydrogen-bond acceptors (Lipinski definition) is 4. The van der Waals surface area contributed by atoms with Crippen molar-refractivity contribution in [3.05, 3.63) is 34.8 Å². The molecule has 1 aromatic rings. The topological polar surface area (TPSA) is 77.8 Å². The number of aryl methyl sites for hydroxylation is 1. The minimum atomic E-state index is -1.53. The lowest BCUT2D eigenvalue weighted by Gasteiger charge is -2.04. The predicted molar refractivity (Wildman–Crippen MR) is 57.5 cm³/mol. The van der Waals surface area contributed by atoms with E-state index in [1.807, 2.05) is 0 Å². The maximum absolute atomic E-state index is 10.5. The number of rotatable bonds is 3. The van der Waals surface area contributed by atoms with Crippen molar-refractivity contribution in [1.82, 2.24) is 0 Å². The number of aldehydes is 1. The maximum Gasteiger partial charge on any atom is 0.480 e. The molecular weight excluding hydrogens is 195 g/mol. The molecule has 0 unspecified atom stereocenters. The normalized spacial score (nSPS) is 10.6. The highest BCUT2D eigenvalue weighted by Crippen LogP contribution is 2.21. The molecule has 15 heavy (non-hydrogen) atoms. The summed E-state index contributed by atoms with van der Waals surface area (Å²) in [5.74, 6) is 1.05. The largest absolute Gasteiger partial charge is 0.507 e. The van der Waals surface area contributed by atoms with E-state index in [2.05, 4.69) is 0 Å². The first-order chi connectivity index (χ1) is 7.04. The molecule has 0 radical (unpaired) electrons. The summed E-state index contributed by atoms with van der Waals surface area (Å²) in [6.07, 6.45) is 2.03. The van der Waals surface area contributed by atoms with Gasteiger partial charge in [-0.1, -0.05) is 12.1 Å². The minimum absolute atomic E-state index is 0.123. The lowest BCUT2D eigenvalue weighted by molar-refractivity contribution is 0.112. The van der Waals surface area contributed by atoms with Crippen LogP contribution in [0.3, 0.4) is 0 Å². The number of carbonyl (C=O) groups is 1. The standard InChI is InChI=1S/C10H11BO4/c1-7-4-9(6-12)10(13)5-8(7)2-3-11(14)15/h2-6,13-15H,1H3/b3-2+. The first-order valence-corrected chi connectivity index (χ1v) is 4.37. The first kappa shape index (κ1) is 11.5. The van der Waals surface area contributed by atoms with Gasteiger partial charge in [0.1, 0.15) is 5.75 Å². The van der Waals surface area contributed by atoms with E-state index in [0.717, 1.165) is 5.56 Å². The van der Waals surface area contributed by atoms with Gasteiger partial charge in [-0.05, 0) is 30.2 Å². The summed E-state index contributed by atoms with van der Waals surface area (Å²) in [4.78, 5) is 10.5. The van der Waals surface area contributed by atoms with Crippen LogP contribution >= 0.6 is 0 Å². The van der Waals surface area contributed by atoms with E-state index in [4.69, 9.17) is 10.0 Å². The quantitative estimate of drug-likeness (QED) is 0.498. The molecule has 0 saturated heterocycles. The molecule has 78 valence electrons. The molecule has 1 rings (SSSR count). The van der Waals surface area contributed by atoms with Gasteiger partial charge in [0.2, 0.25) is 0 Å². The van der Waals surface area contributed by atoms with Crippen LogP contribution in [0.2, 0.25) is 0 Å². The summed E-state index contributed by atoms with van der Waals surface area (Å²) < 4.78 is 0. The predicted octanol–water partition coefficient (Wildman–Crippen LogP) is 0.538. The number of hydrogen-bond donors (Lipinski definition) is 3. The molecule has 0 spiro atoms. The molecule has 1 aromatic carbocycles. The second-order valence-corrected chi connectivity index (χ2v) is 3.16. The molecule has 0 aliphatic heterocycles. The first-order valence-electron chi connectivity index (χ1n) is 4.37. The van der Waals surface area contributed by atoms with E-state index < -0.39 is 7.12 Å². The Balaban J connectivity index is 3.10. The Kier molecular flexibility index (Phi) is 3.65. The average Bonchev–Trinajstić information content (AvgIpc) is 2.18. The Morgan fingerprint density at radius 1 is 1.27 bits per heavy atom. The van der Waals surface area contributed by atoms with Crippen LogP contribution in [0.4, 0.5) is 0 Å². The smallest absolute Gasteiger partial charge is 0.480 e. The molecule has 5 heteroatoms. The summed E-state index contributed by atoms with van der Waals surface area (Å²) in [6.45, 7) is 1.76. The molecule has 0 aliphatic carbocycles. The number of aromatic hydroxyl groups is 1. The Bertz CT molecular complexity index is 399. The van der Waals surface area contributed by atoms with Crippen molar-refractivity contribution < 1.29 is 19.9 Å². The Morgan fingerprint density at radius 3 is 2.47 bits per heavy atom. The van der Waals surface area contributed by atoms with Crippen LogP contribution in [-0.2, 0) is 0 Å². The van der Waals surface area contributed by atoms with Gasteiger partial charge >= 0.3 is 7.12 Å². The molecule has 0 aromatic heterocycles. The Morgan fingerprint density at radius 2 is 1.93 bits per heavy atom. The van der Waals surface area contributed by atoms with Crippen molar-refractivity contribution in [1.29, 1.82) is 0 Å². The highest BCUT2D eigenvalue weighted by atomic mass is 16.4. The highest BCUT2D eigenvalue weighted by Gasteiger charge is 2.05. The van der Waals surface area contributed by atoms with Crippen LogP contribution < -0.4 is 0 Å². The van der Waals surface area contributed by atoms with Crippen molar-refractivity contribution in [2.45, 2.75) is 6.92 Å². The van der Waals surface area contributed by atoms with Gasteiger partial charge in [-0.2, -0.15) is 0 Å². The van der Waals surface area contributed by atoms with E-state index >= 15 is 0 Å². The molecule has 4 nitrogen and oxygen atoms in total. The minimum Gasteiger partial charge on any atom is -0.507 e. The van der Waals surface area contributed by atoms with Crippen molar-refractivity contribution in [3.63, 3.8) is 0 Å². The van der Waals surface area contributed by atoms with Crippen molar-refractivity contribution in [2.24, 2.45) is 0 Å². The molecule has 3 N–H and O–H groups in total. The zero-order valence-corrected chi connectivity index (χ0v) is 8.21. The summed E-state index contributed by atoms with van der Waals surface area (Å²) in [7, 11) is -1.53. The van der Waals surface area contributed by atoms with Crippen LogP contribution in [0.5, 0.6) is 5.75 Å². The van der Waals surface area contributed by atoms with Crippen LogP contribution in [0, 0.1) is 6.92 Å². The Hall–Kier alpha value is -1.59.